The molecule has 20 heavy (non-hydrogen) atoms. The molecule has 0 amide bonds. The maximum Gasteiger partial charge on any atom is 0.416 e. The van der Waals surface area contributed by atoms with Gasteiger partial charge in [0, 0.05) is 0 Å². The number of rotatable bonds is 2. The second kappa shape index (κ2) is 5.12. The Balaban J connectivity index is 2.33. The molecule has 0 aliphatic rings. The van der Waals surface area contributed by atoms with Crippen LogP contribution in [0.2, 0.25) is 5.02 Å². The maximum atomic E-state index is 13.4. The van der Waals surface area contributed by atoms with Crippen LogP contribution in [-0.2, 0) is 6.18 Å². The van der Waals surface area contributed by atoms with Crippen LogP contribution in [0.1, 0.15) is 5.56 Å². The van der Waals surface area contributed by atoms with Gasteiger partial charge in [-0.3, -0.25) is 0 Å². The second-order valence-electron chi connectivity index (χ2n) is 3.74. The number of anilines is 3. The van der Waals surface area contributed by atoms with Gasteiger partial charge in [0.2, 0.25) is 5.95 Å². The van der Waals surface area contributed by atoms with Crippen molar-refractivity contribution in [3.63, 3.8) is 0 Å². The van der Waals surface area contributed by atoms with Crippen LogP contribution in [0.4, 0.5) is 35.0 Å². The number of hydrogen-bond donors (Lipinski definition) is 2. The van der Waals surface area contributed by atoms with Gasteiger partial charge in [-0.05, 0) is 18.2 Å². The van der Waals surface area contributed by atoms with Crippen LogP contribution < -0.4 is 11.1 Å². The van der Waals surface area contributed by atoms with Gasteiger partial charge >= 0.3 is 6.18 Å². The summed E-state index contributed by atoms with van der Waals surface area (Å²) in [5.41, 5.74) is 4.45. The van der Waals surface area contributed by atoms with Crippen molar-refractivity contribution >= 4 is 29.1 Å². The van der Waals surface area contributed by atoms with E-state index in [9.17, 15) is 17.6 Å². The number of nitrogens with two attached hydrogens (primary N) is 1. The third-order valence-electron chi connectivity index (χ3n) is 2.31. The molecule has 0 aliphatic heterocycles. The van der Waals surface area contributed by atoms with Gasteiger partial charge in [-0.2, -0.15) is 18.2 Å². The predicted molar refractivity (Wildman–Crippen MR) is 66.1 cm³/mol. The minimum atomic E-state index is -4.51. The molecular weight excluding hydrogens is 300 g/mol. The molecular formula is C11H7ClF4N4. The second-order valence-corrected chi connectivity index (χ2v) is 4.15. The SMILES string of the molecule is Nc1ncc(F)c(Nc2ccc(C(F)(F)F)cc2Cl)n1. The lowest BCUT2D eigenvalue weighted by Crippen LogP contribution is -2.06. The number of hydrogen-bond acceptors (Lipinski definition) is 4. The molecule has 1 heterocycles. The van der Waals surface area contributed by atoms with Gasteiger partial charge in [0.05, 0.1) is 22.5 Å². The van der Waals surface area contributed by atoms with E-state index in [1.54, 1.807) is 0 Å². The molecule has 1 aromatic heterocycles. The van der Waals surface area contributed by atoms with Crippen molar-refractivity contribution in [3.8, 4) is 0 Å². The van der Waals surface area contributed by atoms with E-state index >= 15 is 0 Å². The van der Waals surface area contributed by atoms with Crippen molar-refractivity contribution in [3.05, 3.63) is 40.8 Å². The Labute approximate surface area is 115 Å². The summed E-state index contributed by atoms with van der Waals surface area (Å²) in [7, 11) is 0. The number of nitrogens with one attached hydrogen (secondary N) is 1. The molecule has 0 spiro atoms. The van der Waals surface area contributed by atoms with Crippen molar-refractivity contribution < 1.29 is 17.6 Å². The van der Waals surface area contributed by atoms with Crippen molar-refractivity contribution in [2.45, 2.75) is 6.18 Å². The van der Waals surface area contributed by atoms with Crippen LogP contribution in [0.3, 0.4) is 0 Å². The van der Waals surface area contributed by atoms with Crippen molar-refractivity contribution in [1.82, 2.24) is 9.97 Å². The monoisotopic (exact) mass is 306 g/mol. The summed E-state index contributed by atoms with van der Waals surface area (Å²) in [5.74, 6) is -1.27. The quantitative estimate of drug-likeness (QED) is 0.832. The van der Waals surface area contributed by atoms with Gasteiger partial charge < -0.3 is 11.1 Å². The number of nitrogens with zero attached hydrogens (tertiary/aromatic N) is 2. The third-order valence-corrected chi connectivity index (χ3v) is 2.62. The third kappa shape index (κ3) is 3.08. The first-order chi connectivity index (χ1) is 9.27. The molecule has 4 nitrogen and oxygen atoms in total. The lowest BCUT2D eigenvalue weighted by Gasteiger charge is -2.11. The van der Waals surface area contributed by atoms with Crippen LogP contribution in [0.5, 0.6) is 0 Å². The van der Waals surface area contributed by atoms with E-state index in [0.717, 1.165) is 24.4 Å². The summed E-state index contributed by atoms with van der Waals surface area (Å²) in [6.07, 6.45) is -3.67. The van der Waals surface area contributed by atoms with E-state index in [2.05, 4.69) is 15.3 Å². The topological polar surface area (TPSA) is 63.8 Å². The zero-order valence-electron chi connectivity index (χ0n) is 9.67. The molecule has 1 aromatic carbocycles. The van der Waals surface area contributed by atoms with Crippen LogP contribution in [0.25, 0.3) is 0 Å². The molecule has 2 rings (SSSR count). The molecule has 2 aromatic rings. The van der Waals surface area contributed by atoms with E-state index in [-0.39, 0.29) is 22.5 Å². The number of aromatic nitrogens is 2. The summed E-state index contributed by atoms with van der Waals surface area (Å²) in [6.45, 7) is 0. The Morgan fingerprint density at radius 3 is 2.55 bits per heavy atom. The number of alkyl halides is 3. The zero-order chi connectivity index (χ0) is 14.9. The van der Waals surface area contributed by atoms with Crippen LogP contribution in [0, 0.1) is 5.82 Å². The minimum Gasteiger partial charge on any atom is -0.368 e. The molecule has 106 valence electrons. The van der Waals surface area contributed by atoms with E-state index < -0.39 is 17.6 Å². The normalized spacial score (nSPS) is 11.4. The Kier molecular flexibility index (Phi) is 3.67. The largest absolute Gasteiger partial charge is 0.416 e. The number of benzene rings is 1. The number of halogens is 5. The summed E-state index contributed by atoms with van der Waals surface area (Å²) in [4.78, 5) is 7.00. The Bertz CT molecular complexity index is 645. The van der Waals surface area contributed by atoms with Gasteiger partial charge in [0.1, 0.15) is 0 Å². The van der Waals surface area contributed by atoms with Gasteiger partial charge in [0.15, 0.2) is 11.6 Å². The van der Waals surface area contributed by atoms with Gasteiger partial charge in [-0.15, -0.1) is 0 Å². The van der Waals surface area contributed by atoms with E-state index in [1.807, 2.05) is 0 Å². The molecule has 0 atom stereocenters. The van der Waals surface area contributed by atoms with Gasteiger partial charge in [0.25, 0.3) is 0 Å². The summed E-state index contributed by atoms with van der Waals surface area (Å²) in [6, 6.07) is 2.62. The average molecular weight is 307 g/mol. The first-order valence-corrected chi connectivity index (χ1v) is 5.57. The summed E-state index contributed by atoms with van der Waals surface area (Å²) in [5, 5.41) is 2.23. The highest BCUT2D eigenvalue weighted by atomic mass is 35.5. The molecule has 0 saturated carbocycles. The van der Waals surface area contributed by atoms with Crippen LogP contribution in [-0.4, -0.2) is 9.97 Å². The Hall–Kier alpha value is -2.09. The first-order valence-electron chi connectivity index (χ1n) is 5.19. The first kappa shape index (κ1) is 14.3. The highest BCUT2D eigenvalue weighted by molar-refractivity contribution is 6.33. The molecule has 9 heteroatoms. The highest BCUT2D eigenvalue weighted by Crippen LogP contribution is 2.34. The average Bonchev–Trinajstić information content (AvgIpc) is 2.35. The molecule has 0 saturated heterocycles. The van der Waals surface area contributed by atoms with Crippen molar-refractivity contribution in [2.24, 2.45) is 0 Å². The van der Waals surface area contributed by atoms with E-state index in [0.29, 0.717) is 0 Å². The molecule has 0 fully saturated rings. The minimum absolute atomic E-state index is 0.0664. The lowest BCUT2D eigenvalue weighted by atomic mass is 10.2. The maximum absolute atomic E-state index is 13.4. The Morgan fingerprint density at radius 2 is 1.95 bits per heavy atom. The van der Waals surface area contributed by atoms with Gasteiger partial charge in [-0.25, -0.2) is 9.37 Å². The molecule has 0 bridgehead atoms. The van der Waals surface area contributed by atoms with Gasteiger partial charge in [-0.1, -0.05) is 11.6 Å². The summed E-state index contributed by atoms with van der Waals surface area (Å²) < 4.78 is 50.8. The summed E-state index contributed by atoms with van der Waals surface area (Å²) >= 11 is 5.72. The molecule has 0 aliphatic carbocycles. The van der Waals surface area contributed by atoms with Crippen molar-refractivity contribution in [1.29, 1.82) is 0 Å². The smallest absolute Gasteiger partial charge is 0.368 e. The van der Waals surface area contributed by atoms with Crippen LogP contribution >= 0.6 is 11.6 Å². The van der Waals surface area contributed by atoms with E-state index in [4.69, 9.17) is 17.3 Å². The highest BCUT2D eigenvalue weighted by Gasteiger charge is 2.30. The Morgan fingerprint density at radius 1 is 1.25 bits per heavy atom. The number of nitrogen functional groups attached to an aromatic ring is 1. The molecule has 0 radical (unpaired) electrons. The zero-order valence-corrected chi connectivity index (χ0v) is 10.4. The lowest BCUT2D eigenvalue weighted by molar-refractivity contribution is -0.137. The fourth-order valence-electron chi connectivity index (χ4n) is 1.39. The van der Waals surface area contributed by atoms with E-state index in [1.165, 1.54) is 0 Å². The van der Waals surface area contributed by atoms with Crippen LogP contribution in [0.15, 0.2) is 24.4 Å². The fraction of sp³-hybridized carbons (Fsp3) is 0.0909. The molecule has 0 unspecified atom stereocenters. The standard InChI is InChI=1S/C11H7ClF4N4/c12-6-3-5(11(14,15)16)1-2-8(6)19-9-7(13)4-18-10(17)20-9/h1-4H,(H3,17,18,19,20). The predicted octanol–water partition coefficient (Wildman–Crippen LogP) is 3.61. The molecule has 3 N–H and O–H groups in total. The fourth-order valence-corrected chi connectivity index (χ4v) is 1.62. The van der Waals surface area contributed by atoms with Crippen molar-refractivity contribution in [2.75, 3.05) is 11.1 Å².